The lowest BCUT2D eigenvalue weighted by atomic mass is 10.2. The van der Waals surface area contributed by atoms with E-state index in [1.165, 1.54) is 0 Å². The van der Waals surface area contributed by atoms with Gasteiger partial charge >= 0.3 is 0 Å². The second kappa shape index (κ2) is 10.2. The molecule has 6 nitrogen and oxygen atoms in total. The summed E-state index contributed by atoms with van der Waals surface area (Å²) in [6, 6.07) is 15.3. The molecule has 1 amide bonds. The highest BCUT2D eigenvalue weighted by Gasteiger charge is 2.03. The number of carbonyl (C=O) groups is 1. The summed E-state index contributed by atoms with van der Waals surface area (Å²) in [5.41, 5.74) is 7.38. The molecule has 0 fully saturated rings. The van der Waals surface area contributed by atoms with Crippen LogP contribution in [0.15, 0.2) is 48.5 Å². The van der Waals surface area contributed by atoms with E-state index < -0.39 is 0 Å². The van der Waals surface area contributed by atoms with Gasteiger partial charge in [-0.25, -0.2) is 0 Å². The molecular formula is C19H23N3O3S. The van der Waals surface area contributed by atoms with E-state index in [4.69, 9.17) is 21.7 Å². The minimum Gasteiger partial charge on any atom is -0.497 e. The number of methoxy groups -OCH3 is 1. The third-order valence-electron chi connectivity index (χ3n) is 3.51. The molecule has 2 aromatic carbocycles. The van der Waals surface area contributed by atoms with Gasteiger partial charge in [-0.1, -0.05) is 24.3 Å². The van der Waals surface area contributed by atoms with Crippen molar-refractivity contribution in [2.45, 2.75) is 19.9 Å². The first-order valence-corrected chi connectivity index (χ1v) is 8.63. The highest BCUT2D eigenvalue weighted by Crippen LogP contribution is 2.12. The highest BCUT2D eigenvalue weighted by molar-refractivity contribution is 7.80. The van der Waals surface area contributed by atoms with E-state index in [-0.39, 0.29) is 12.3 Å². The minimum absolute atomic E-state index is 0.203. The van der Waals surface area contributed by atoms with Crippen molar-refractivity contribution < 1.29 is 14.3 Å². The van der Waals surface area contributed by atoms with Gasteiger partial charge in [-0.2, -0.15) is 0 Å². The number of hydrazine groups is 1. The van der Waals surface area contributed by atoms with Crippen LogP contribution in [0, 0.1) is 6.92 Å². The van der Waals surface area contributed by atoms with Gasteiger partial charge in [0.1, 0.15) is 11.5 Å². The first kappa shape index (κ1) is 19.5. The molecule has 2 aromatic rings. The van der Waals surface area contributed by atoms with Gasteiger partial charge in [0, 0.05) is 6.54 Å². The number of hydrogen-bond donors (Lipinski definition) is 3. The van der Waals surface area contributed by atoms with Crippen LogP contribution in [-0.4, -0.2) is 24.7 Å². The average Bonchev–Trinajstić information content (AvgIpc) is 2.65. The zero-order valence-electron chi connectivity index (χ0n) is 14.9. The quantitative estimate of drug-likeness (QED) is 0.512. The van der Waals surface area contributed by atoms with E-state index >= 15 is 0 Å². The van der Waals surface area contributed by atoms with Gasteiger partial charge in [0.05, 0.1) is 20.1 Å². The molecule has 0 saturated carbocycles. The highest BCUT2D eigenvalue weighted by atomic mass is 32.1. The molecule has 7 heteroatoms. The molecule has 0 aromatic heterocycles. The molecule has 0 aliphatic carbocycles. The lowest BCUT2D eigenvalue weighted by Gasteiger charge is -2.12. The van der Waals surface area contributed by atoms with E-state index in [0.29, 0.717) is 18.3 Å². The predicted molar refractivity (Wildman–Crippen MR) is 105 cm³/mol. The molecule has 138 valence electrons. The molecule has 0 radical (unpaired) electrons. The number of ether oxygens (including phenoxy) is 2. The van der Waals surface area contributed by atoms with Crippen LogP contribution in [0.4, 0.5) is 0 Å². The Hall–Kier alpha value is -2.80. The number of amides is 1. The molecule has 26 heavy (non-hydrogen) atoms. The van der Waals surface area contributed by atoms with Gasteiger partial charge in [-0.3, -0.25) is 15.6 Å². The lowest BCUT2D eigenvalue weighted by molar-refractivity contribution is -0.122. The van der Waals surface area contributed by atoms with Crippen molar-refractivity contribution in [2.24, 2.45) is 0 Å². The Bertz CT molecular complexity index is 735. The first-order valence-electron chi connectivity index (χ1n) is 8.22. The third-order valence-corrected chi connectivity index (χ3v) is 3.76. The van der Waals surface area contributed by atoms with Crippen LogP contribution in [0.2, 0.25) is 0 Å². The molecular weight excluding hydrogens is 350 g/mol. The van der Waals surface area contributed by atoms with E-state index in [0.717, 1.165) is 22.6 Å². The van der Waals surface area contributed by atoms with E-state index in [1.807, 2.05) is 55.5 Å². The normalized spacial score (nSPS) is 9.92. The number of aryl methyl sites for hydroxylation is 1. The average molecular weight is 373 g/mol. The summed E-state index contributed by atoms with van der Waals surface area (Å²) in [4.78, 5) is 11.8. The SMILES string of the molecule is COc1ccc(CNC(=S)NNC(=O)CCOc2cccc(C)c2)cc1. The van der Waals surface area contributed by atoms with Crippen LogP contribution >= 0.6 is 12.2 Å². The molecule has 0 unspecified atom stereocenters. The van der Waals surface area contributed by atoms with Crippen LogP contribution < -0.4 is 25.6 Å². The molecule has 0 heterocycles. The molecule has 0 bridgehead atoms. The summed E-state index contributed by atoms with van der Waals surface area (Å²) < 4.78 is 10.7. The van der Waals surface area contributed by atoms with E-state index in [9.17, 15) is 4.79 Å². The van der Waals surface area contributed by atoms with Gasteiger partial charge < -0.3 is 14.8 Å². The Balaban J connectivity index is 1.61. The van der Waals surface area contributed by atoms with Crippen molar-refractivity contribution >= 4 is 23.2 Å². The summed E-state index contributed by atoms with van der Waals surface area (Å²) in [5.74, 6) is 1.35. The Kier molecular flexibility index (Phi) is 7.70. The zero-order chi connectivity index (χ0) is 18.8. The molecule has 0 aliphatic rings. The van der Waals surface area contributed by atoms with Gasteiger partial charge in [0.25, 0.3) is 0 Å². The topological polar surface area (TPSA) is 71.6 Å². The number of rotatable bonds is 7. The van der Waals surface area contributed by atoms with Crippen LogP contribution in [0.3, 0.4) is 0 Å². The summed E-state index contributed by atoms with van der Waals surface area (Å²) >= 11 is 5.13. The Morgan fingerprint density at radius 1 is 1.08 bits per heavy atom. The molecule has 0 spiro atoms. The second-order valence-electron chi connectivity index (χ2n) is 5.62. The van der Waals surface area contributed by atoms with E-state index in [2.05, 4.69) is 16.2 Å². The van der Waals surface area contributed by atoms with E-state index in [1.54, 1.807) is 7.11 Å². The second-order valence-corrected chi connectivity index (χ2v) is 6.03. The lowest BCUT2D eigenvalue weighted by Crippen LogP contribution is -2.46. The molecule has 0 aliphatic heterocycles. The molecule has 0 saturated heterocycles. The summed E-state index contributed by atoms with van der Waals surface area (Å²) in [6.07, 6.45) is 0.224. The van der Waals surface area contributed by atoms with Crippen molar-refractivity contribution in [1.29, 1.82) is 0 Å². The van der Waals surface area contributed by atoms with Crippen LogP contribution in [0.5, 0.6) is 11.5 Å². The van der Waals surface area contributed by atoms with Gasteiger partial charge in [-0.15, -0.1) is 0 Å². The number of thiocarbonyl (C=S) groups is 1. The van der Waals surface area contributed by atoms with Crippen LogP contribution in [-0.2, 0) is 11.3 Å². The fourth-order valence-corrected chi connectivity index (χ4v) is 2.25. The number of benzene rings is 2. The van der Waals surface area contributed by atoms with Crippen molar-refractivity contribution in [1.82, 2.24) is 16.2 Å². The fourth-order valence-electron chi connectivity index (χ4n) is 2.13. The largest absolute Gasteiger partial charge is 0.497 e. The Morgan fingerprint density at radius 3 is 2.54 bits per heavy atom. The smallest absolute Gasteiger partial charge is 0.241 e. The Morgan fingerprint density at radius 2 is 1.85 bits per heavy atom. The molecule has 2 rings (SSSR count). The number of hydrogen-bond acceptors (Lipinski definition) is 4. The monoisotopic (exact) mass is 373 g/mol. The van der Waals surface area contributed by atoms with Crippen LogP contribution in [0.1, 0.15) is 17.5 Å². The number of carbonyl (C=O) groups excluding carboxylic acids is 1. The fraction of sp³-hybridized carbons (Fsp3) is 0.263. The van der Waals surface area contributed by atoms with Crippen molar-refractivity contribution in [2.75, 3.05) is 13.7 Å². The molecule has 3 N–H and O–H groups in total. The summed E-state index contributed by atoms with van der Waals surface area (Å²) in [6.45, 7) is 2.83. The maximum Gasteiger partial charge on any atom is 0.241 e. The third kappa shape index (κ3) is 6.98. The van der Waals surface area contributed by atoms with Gasteiger partial charge in [0.15, 0.2) is 5.11 Å². The standard InChI is InChI=1S/C19H23N3O3S/c1-14-4-3-5-17(12-14)25-11-10-18(23)21-22-19(26)20-13-15-6-8-16(24-2)9-7-15/h3-9,12H,10-11,13H2,1-2H3,(H,21,23)(H2,20,22,26). The Labute approximate surface area is 158 Å². The van der Waals surface area contributed by atoms with Gasteiger partial charge in [-0.05, 0) is 54.5 Å². The van der Waals surface area contributed by atoms with Crippen LogP contribution in [0.25, 0.3) is 0 Å². The summed E-state index contributed by atoms with van der Waals surface area (Å²) in [5, 5.41) is 3.35. The maximum absolute atomic E-state index is 11.8. The van der Waals surface area contributed by atoms with Crippen molar-refractivity contribution in [3.8, 4) is 11.5 Å². The number of nitrogens with one attached hydrogen (secondary N) is 3. The predicted octanol–water partition coefficient (Wildman–Crippen LogP) is 2.47. The first-order chi connectivity index (χ1) is 12.6. The summed E-state index contributed by atoms with van der Waals surface area (Å²) in [7, 11) is 1.63. The minimum atomic E-state index is -0.203. The van der Waals surface area contributed by atoms with Gasteiger partial charge in [0.2, 0.25) is 5.91 Å². The van der Waals surface area contributed by atoms with Crippen molar-refractivity contribution in [3.05, 3.63) is 59.7 Å². The molecule has 0 atom stereocenters. The maximum atomic E-state index is 11.8. The van der Waals surface area contributed by atoms with Crippen molar-refractivity contribution in [3.63, 3.8) is 0 Å². The zero-order valence-corrected chi connectivity index (χ0v) is 15.7.